The van der Waals surface area contributed by atoms with Crippen molar-refractivity contribution in [1.82, 2.24) is 4.90 Å². The van der Waals surface area contributed by atoms with E-state index in [0.717, 1.165) is 32.1 Å². The van der Waals surface area contributed by atoms with E-state index < -0.39 is 12.0 Å². The highest BCUT2D eigenvalue weighted by Gasteiger charge is 2.38. The van der Waals surface area contributed by atoms with Crippen LogP contribution in [0.2, 0.25) is 0 Å². The fourth-order valence-corrected chi connectivity index (χ4v) is 2.91. The van der Waals surface area contributed by atoms with Crippen LogP contribution in [-0.4, -0.2) is 40.3 Å². The first-order chi connectivity index (χ1) is 8.59. The van der Waals surface area contributed by atoms with Gasteiger partial charge in [0.2, 0.25) is 5.91 Å². The molecule has 1 aliphatic heterocycles. The molecule has 1 atom stereocenters. The molecule has 2 fully saturated rings. The molecule has 1 saturated carbocycles. The van der Waals surface area contributed by atoms with Gasteiger partial charge in [0, 0.05) is 12.3 Å². The van der Waals surface area contributed by atoms with E-state index in [1.54, 1.807) is 0 Å². The van der Waals surface area contributed by atoms with Crippen molar-refractivity contribution in [3.8, 4) is 0 Å². The van der Waals surface area contributed by atoms with Crippen LogP contribution in [0.4, 0.5) is 0 Å². The summed E-state index contributed by atoms with van der Waals surface area (Å²) < 4.78 is 0. The van der Waals surface area contributed by atoms with Crippen molar-refractivity contribution >= 4 is 17.7 Å². The molecular weight excluding hydrogens is 234 g/mol. The summed E-state index contributed by atoms with van der Waals surface area (Å²) in [6.07, 6.45) is 5.38. The van der Waals surface area contributed by atoms with E-state index in [1.807, 2.05) is 0 Å². The molecule has 0 spiro atoms. The predicted molar refractivity (Wildman–Crippen MR) is 64.0 cm³/mol. The van der Waals surface area contributed by atoms with Gasteiger partial charge in [-0.25, -0.2) is 4.79 Å². The van der Waals surface area contributed by atoms with Crippen LogP contribution in [0, 0.1) is 5.92 Å². The van der Waals surface area contributed by atoms with Crippen LogP contribution in [0.1, 0.15) is 44.9 Å². The predicted octanol–water partition coefficient (Wildman–Crippen LogP) is 1.21. The van der Waals surface area contributed by atoms with Crippen molar-refractivity contribution < 1.29 is 19.5 Å². The first-order valence-electron chi connectivity index (χ1n) is 6.64. The summed E-state index contributed by atoms with van der Waals surface area (Å²) in [6, 6.07) is -0.808. The van der Waals surface area contributed by atoms with Gasteiger partial charge in [0.1, 0.15) is 6.04 Å². The summed E-state index contributed by atoms with van der Waals surface area (Å²) in [5.74, 6) is -1.23. The van der Waals surface area contributed by atoms with Crippen molar-refractivity contribution in [2.45, 2.75) is 51.0 Å². The number of likely N-dealkylation sites (tertiary alicyclic amines) is 1. The highest BCUT2D eigenvalue weighted by molar-refractivity contribution is 5.92. The van der Waals surface area contributed by atoms with E-state index in [1.165, 1.54) is 4.90 Å². The smallest absolute Gasteiger partial charge is 0.326 e. The highest BCUT2D eigenvalue weighted by atomic mass is 16.4. The van der Waals surface area contributed by atoms with E-state index in [4.69, 9.17) is 5.11 Å². The van der Waals surface area contributed by atoms with Gasteiger partial charge in [0.05, 0.1) is 6.54 Å². The van der Waals surface area contributed by atoms with E-state index >= 15 is 0 Å². The zero-order chi connectivity index (χ0) is 13.1. The largest absolute Gasteiger partial charge is 0.480 e. The molecule has 1 unspecified atom stereocenters. The second-order valence-corrected chi connectivity index (χ2v) is 5.23. The molecule has 1 aliphatic carbocycles. The van der Waals surface area contributed by atoms with Gasteiger partial charge in [0.25, 0.3) is 0 Å². The maximum absolute atomic E-state index is 12.3. The number of carboxylic acids is 1. The Labute approximate surface area is 106 Å². The standard InChI is InChI=1S/C13H19NO4/c15-10-6-7-11(13(17)18)14(8-10)12(16)9-4-2-1-3-5-9/h9,11H,1-8H2,(H,17,18). The molecule has 1 saturated heterocycles. The van der Waals surface area contributed by atoms with E-state index in [0.29, 0.717) is 0 Å². The van der Waals surface area contributed by atoms with Crippen LogP contribution in [-0.2, 0) is 14.4 Å². The average molecular weight is 253 g/mol. The number of rotatable bonds is 2. The van der Waals surface area contributed by atoms with Crippen LogP contribution >= 0.6 is 0 Å². The monoisotopic (exact) mass is 253 g/mol. The molecule has 1 heterocycles. The quantitative estimate of drug-likeness (QED) is 0.802. The van der Waals surface area contributed by atoms with Crippen LogP contribution in [0.25, 0.3) is 0 Å². The first-order valence-corrected chi connectivity index (χ1v) is 6.64. The number of amides is 1. The lowest BCUT2D eigenvalue weighted by Gasteiger charge is -2.35. The van der Waals surface area contributed by atoms with Crippen molar-refractivity contribution in [2.24, 2.45) is 5.92 Å². The second-order valence-electron chi connectivity index (χ2n) is 5.23. The van der Waals surface area contributed by atoms with Gasteiger partial charge in [-0.15, -0.1) is 0 Å². The fraction of sp³-hybridized carbons (Fsp3) is 0.769. The number of nitrogens with zero attached hydrogens (tertiary/aromatic N) is 1. The number of carbonyl (C=O) groups excluding carboxylic acids is 2. The van der Waals surface area contributed by atoms with Gasteiger partial charge in [-0.05, 0) is 19.3 Å². The van der Waals surface area contributed by atoms with E-state index in [2.05, 4.69) is 0 Å². The lowest BCUT2D eigenvalue weighted by atomic mass is 9.87. The molecular formula is C13H19NO4. The SMILES string of the molecule is O=C1CCC(C(=O)O)N(C(=O)C2CCCCC2)C1. The molecule has 1 N–H and O–H groups in total. The van der Waals surface area contributed by atoms with Gasteiger partial charge in [0.15, 0.2) is 5.78 Å². The van der Waals surface area contributed by atoms with Crippen molar-refractivity contribution in [1.29, 1.82) is 0 Å². The zero-order valence-electron chi connectivity index (χ0n) is 10.4. The summed E-state index contributed by atoms with van der Waals surface area (Å²) >= 11 is 0. The second kappa shape index (κ2) is 5.50. The molecule has 2 rings (SSSR count). The highest BCUT2D eigenvalue weighted by Crippen LogP contribution is 2.27. The van der Waals surface area contributed by atoms with Crippen LogP contribution in [0.15, 0.2) is 0 Å². The summed E-state index contributed by atoms with van der Waals surface area (Å²) in [6.45, 7) is -0.0215. The molecule has 5 heteroatoms. The average Bonchev–Trinajstić information content (AvgIpc) is 2.38. The lowest BCUT2D eigenvalue weighted by Crippen LogP contribution is -2.52. The van der Waals surface area contributed by atoms with E-state index in [-0.39, 0.29) is 37.0 Å². The number of aliphatic carboxylic acids is 1. The molecule has 0 aromatic rings. The molecule has 2 aliphatic rings. The first kappa shape index (κ1) is 13.1. The zero-order valence-corrected chi connectivity index (χ0v) is 10.4. The maximum atomic E-state index is 12.3. The van der Waals surface area contributed by atoms with Crippen molar-refractivity contribution in [3.63, 3.8) is 0 Å². The summed E-state index contributed by atoms with van der Waals surface area (Å²) in [5.41, 5.74) is 0. The maximum Gasteiger partial charge on any atom is 0.326 e. The fourth-order valence-electron chi connectivity index (χ4n) is 2.91. The third-order valence-corrected chi connectivity index (χ3v) is 3.94. The Morgan fingerprint density at radius 3 is 2.39 bits per heavy atom. The molecule has 0 bridgehead atoms. The summed E-state index contributed by atoms with van der Waals surface area (Å²) in [4.78, 5) is 36.2. The normalized spacial score (nSPS) is 26.1. The van der Waals surface area contributed by atoms with Gasteiger partial charge < -0.3 is 10.0 Å². The van der Waals surface area contributed by atoms with Crippen LogP contribution in [0.5, 0.6) is 0 Å². The van der Waals surface area contributed by atoms with Crippen LogP contribution in [0.3, 0.4) is 0 Å². The number of Topliss-reactive ketones (excluding diaryl/α,β-unsaturated/α-hetero) is 1. The molecule has 0 radical (unpaired) electrons. The van der Waals surface area contributed by atoms with Gasteiger partial charge in [-0.3, -0.25) is 9.59 Å². The number of carbonyl (C=O) groups is 3. The Morgan fingerprint density at radius 1 is 1.11 bits per heavy atom. The Hall–Kier alpha value is -1.39. The molecule has 0 aromatic carbocycles. The molecule has 100 valence electrons. The van der Waals surface area contributed by atoms with Crippen molar-refractivity contribution in [3.05, 3.63) is 0 Å². The summed E-state index contributed by atoms with van der Waals surface area (Å²) in [7, 11) is 0. The van der Waals surface area contributed by atoms with Gasteiger partial charge in [-0.2, -0.15) is 0 Å². The third kappa shape index (κ3) is 2.71. The minimum absolute atomic E-state index is 0.0215. The van der Waals surface area contributed by atoms with Gasteiger partial charge >= 0.3 is 5.97 Å². The topological polar surface area (TPSA) is 74.7 Å². The number of hydrogen-bond donors (Lipinski definition) is 1. The van der Waals surface area contributed by atoms with Crippen LogP contribution < -0.4 is 0 Å². The number of ketones is 1. The number of hydrogen-bond acceptors (Lipinski definition) is 3. The van der Waals surface area contributed by atoms with E-state index in [9.17, 15) is 14.4 Å². The summed E-state index contributed by atoms with van der Waals surface area (Å²) in [5, 5.41) is 9.14. The Bertz CT molecular complexity index is 360. The third-order valence-electron chi connectivity index (χ3n) is 3.94. The molecule has 18 heavy (non-hydrogen) atoms. The molecule has 0 aromatic heterocycles. The number of piperidine rings is 1. The Balaban J connectivity index is 2.08. The Morgan fingerprint density at radius 2 is 1.78 bits per heavy atom. The molecule has 5 nitrogen and oxygen atoms in total. The lowest BCUT2D eigenvalue weighted by molar-refractivity contribution is -0.156. The van der Waals surface area contributed by atoms with Gasteiger partial charge in [-0.1, -0.05) is 19.3 Å². The molecule has 1 amide bonds. The number of carboxylic acid groups (broad SMARTS) is 1. The Kier molecular flexibility index (Phi) is 3.99. The van der Waals surface area contributed by atoms with Crippen molar-refractivity contribution in [2.75, 3.05) is 6.54 Å². The minimum atomic E-state index is -0.994. The minimum Gasteiger partial charge on any atom is -0.480 e.